The Morgan fingerprint density at radius 2 is 2.04 bits per heavy atom. The number of carbonyl (C=O) groups excluding carboxylic acids is 2. The van der Waals surface area contributed by atoms with Crippen LogP contribution in [0.25, 0.3) is 0 Å². The van der Waals surface area contributed by atoms with Crippen LogP contribution in [0, 0.1) is 6.92 Å². The molecule has 1 N–H and O–H groups in total. The van der Waals surface area contributed by atoms with Gasteiger partial charge < -0.3 is 9.64 Å². The molecule has 3 rings (SSSR count). The van der Waals surface area contributed by atoms with Gasteiger partial charge in [0.15, 0.2) is 0 Å². The zero-order valence-electron chi connectivity index (χ0n) is 13.1. The van der Waals surface area contributed by atoms with Crippen LogP contribution in [-0.4, -0.2) is 63.2 Å². The maximum absolute atomic E-state index is 12.2. The van der Waals surface area contributed by atoms with Crippen LogP contribution >= 0.6 is 11.3 Å². The average Bonchev–Trinajstić information content (AvgIpc) is 3.03. The van der Waals surface area contributed by atoms with E-state index in [0.717, 1.165) is 5.69 Å². The minimum absolute atomic E-state index is 0.0169. The highest BCUT2D eigenvalue weighted by Gasteiger charge is 2.19. The molecule has 0 radical (unpaired) electrons. The van der Waals surface area contributed by atoms with Crippen LogP contribution in [0.5, 0.6) is 0 Å². The van der Waals surface area contributed by atoms with E-state index in [1.54, 1.807) is 11.8 Å². The van der Waals surface area contributed by atoms with Crippen molar-refractivity contribution < 1.29 is 14.3 Å². The van der Waals surface area contributed by atoms with E-state index in [4.69, 9.17) is 4.74 Å². The highest BCUT2D eigenvalue weighted by Crippen LogP contribution is 2.17. The number of morpholine rings is 1. The lowest BCUT2D eigenvalue weighted by atomic mass is 10.3. The number of amides is 2. The second-order valence-electron chi connectivity index (χ2n) is 5.17. The summed E-state index contributed by atoms with van der Waals surface area (Å²) in [7, 11) is 0. The second-order valence-corrected chi connectivity index (χ2v) is 6.23. The molecule has 126 valence electrons. The maximum atomic E-state index is 12.2. The maximum Gasteiger partial charge on any atom is 0.277 e. The molecule has 1 fully saturated rings. The van der Waals surface area contributed by atoms with Crippen LogP contribution < -0.4 is 5.32 Å². The summed E-state index contributed by atoms with van der Waals surface area (Å²) in [6.45, 7) is 4.08. The van der Waals surface area contributed by atoms with E-state index < -0.39 is 5.91 Å². The van der Waals surface area contributed by atoms with E-state index in [1.807, 2.05) is 0 Å². The standard InChI is InChI=1S/C14H16N6O3S/c1-9-7-16-10(8-15-9)13(22)17-14-19-18-11(24-14)6-12(21)20-2-4-23-5-3-20/h7-8H,2-6H2,1H3,(H,17,19,22). The normalized spacial score (nSPS) is 14.5. The molecule has 0 unspecified atom stereocenters. The molecule has 2 aromatic rings. The number of carbonyl (C=O) groups is 2. The molecule has 2 amide bonds. The fourth-order valence-corrected chi connectivity index (χ4v) is 2.83. The molecule has 0 aliphatic carbocycles. The Hall–Kier alpha value is -2.46. The molecule has 3 heterocycles. The first-order chi connectivity index (χ1) is 11.6. The monoisotopic (exact) mass is 348 g/mol. The number of hydrogen-bond acceptors (Lipinski definition) is 8. The molecule has 0 aromatic carbocycles. The third-order valence-electron chi connectivity index (χ3n) is 3.37. The molecule has 0 atom stereocenters. The average molecular weight is 348 g/mol. The van der Waals surface area contributed by atoms with Gasteiger partial charge in [-0.05, 0) is 6.92 Å². The molecule has 24 heavy (non-hydrogen) atoms. The fourth-order valence-electron chi connectivity index (χ4n) is 2.10. The summed E-state index contributed by atoms with van der Waals surface area (Å²) < 4.78 is 5.22. The first-order valence-electron chi connectivity index (χ1n) is 7.40. The molecule has 10 heteroatoms. The number of anilines is 1. The summed E-state index contributed by atoms with van der Waals surface area (Å²) in [5, 5.41) is 11.3. The number of aryl methyl sites for hydroxylation is 1. The fraction of sp³-hybridized carbons (Fsp3) is 0.429. The molecule has 1 saturated heterocycles. The first kappa shape index (κ1) is 16.4. The molecule has 0 spiro atoms. The van der Waals surface area contributed by atoms with Crippen LogP contribution in [0.1, 0.15) is 21.2 Å². The molecule has 9 nitrogen and oxygen atoms in total. The Kier molecular flexibility index (Phi) is 5.06. The van der Waals surface area contributed by atoms with Crippen molar-refractivity contribution in [3.63, 3.8) is 0 Å². The van der Waals surface area contributed by atoms with Crippen LogP contribution in [0.2, 0.25) is 0 Å². The summed E-state index contributed by atoms with van der Waals surface area (Å²) in [5.74, 6) is -0.429. The van der Waals surface area contributed by atoms with Gasteiger partial charge in [-0.1, -0.05) is 11.3 Å². The Morgan fingerprint density at radius 3 is 2.75 bits per heavy atom. The zero-order valence-corrected chi connectivity index (χ0v) is 13.9. The molecular weight excluding hydrogens is 332 g/mol. The minimum atomic E-state index is -0.412. The van der Waals surface area contributed by atoms with E-state index in [1.165, 1.54) is 23.7 Å². The van der Waals surface area contributed by atoms with Crippen molar-refractivity contribution in [3.05, 3.63) is 28.8 Å². The number of hydrogen-bond donors (Lipinski definition) is 1. The molecule has 0 bridgehead atoms. The van der Waals surface area contributed by atoms with Crippen molar-refractivity contribution in [2.24, 2.45) is 0 Å². The summed E-state index contributed by atoms with van der Waals surface area (Å²) in [6.07, 6.45) is 3.08. The van der Waals surface area contributed by atoms with Gasteiger partial charge >= 0.3 is 0 Å². The number of rotatable bonds is 4. The van der Waals surface area contributed by atoms with Gasteiger partial charge in [0.1, 0.15) is 10.7 Å². The largest absolute Gasteiger partial charge is 0.378 e. The zero-order chi connectivity index (χ0) is 16.9. The first-order valence-corrected chi connectivity index (χ1v) is 8.21. The van der Waals surface area contributed by atoms with Gasteiger partial charge in [-0.25, -0.2) is 4.98 Å². The molecular formula is C14H16N6O3S. The predicted molar refractivity (Wildman–Crippen MR) is 85.7 cm³/mol. The number of aromatic nitrogens is 4. The van der Waals surface area contributed by atoms with Gasteiger partial charge in [-0.15, -0.1) is 10.2 Å². The van der Waals surface area contributed by atoms with E-state index in [-0.39, 0.29) is 18.0 Å². The lowest BCUT2D eigenvalue weighted by Crippen LogP contribution is -2.41. The summed E-state index contributed by atoms with van der Waals surface area (Å²) in [6, 6.07) is 0. The van der Waals surface area contributed by atoms with Crippen molar-refractivity contribution in [2.45, 2.75) is 13.3 Å². The predicted octanol–water partition coefficient (Wildman–Crippen LogP) is 0.290. The quantitative estimate of drug-likeness (QED) is 0.845. The van der Waals surface area contributed by atoms with Crippen molar-refractivity contribution in [2.75, 3.05) is 31.6 Å². The Morgan fingerprint density at radius 1 is 1.25 bits per heavy atom. The molecule has 0 saturated carbocycles. The molecule has 1 aliphatic rings. The second kappa shape index (κ2) is 7.41. The van der Waals surface area contributed by atoms with Crippen LogP contribution in [0.15, 0.2) is 12.4 Å². The lowest BCUT2D eigenvalue weighted by molar-refractivity contribution is -0.134. The molecule has 1 aliphatic heterocycles. The SMILES string of the molecule is Cc1cnc(C(=O)Nc2nnc(CC(=O)N3CCOCC3)s2)cn1. The van der Waals surface area contributed by atoms with E-state index in [9.17, 15) is 9.59 Å². The number of nitrogens with one attached hydrogen (secondary N) is 1. The van der Waals surface area contributed by atoms with Crippen molar-refractivity contribution in [3.8, 4) is 0 Å². The van der Waals surface area contributed by atoms with Crippen LogP contribution in [0.4, 0.5) is 5.13 Å². The summed E-state index contributed by atoms with van der Waals surface area (Å²) in [4.78, 5) is 34.0. The van der Waals surface area contributed by atoms with Crippen LogP contribution in [0.3, 0.4) is 0 Å². The van der Waals surface area contributed by atoms with Gasteiger partial charge in [-0.3, -0.25) is 19.9 Å². The van der Waals surface area contributed by atoms with Crippen molar-refractivity contribution in [1.29, 1.82) is 0 Å². The Labute approximate surface area is 142 Å². The number of nitrogens with zero attached hydrogens (tertiary/aromatic N) is 5. The van der Waals surface area contributed by atoms with Gasteiger partial charge in [0.25, 0.3) is 5.91 Å². The van der Waals surface area contributed by atoms with Gasteiger partial charge in [0.2, 0.25) is 11.0 Å². The molecule has 2 aromatic heterocycles. The topological polar surface area (TPSA) is 110 Å². The third-order valence-corrected chi connectivity index (χ3v) is 4.21. The van der Waals surface area contributed by atoms with E-state index >= 15 is 0 Å². The highest BCUT2D eigenvalue weighted by molar-refractivity contribution is 7.15. The lowest BCUT2D eigenvalue weighted by Gasteiger charge is -2.26. The van der Waals surface area contributed by atoms with Gasteiger partial charge in [0.05, 0.1) is 31.5 Å². The number of ether oxygens (including phenoxy) is 1. The van der Waals surface area contributed by atoms with Crippen molar-refractivity contribution >= 4 is 28.3 Å². The van der Waals surface area contributed by atoms with E-state index in [2.05, 4.69) is 25.5 Å². The van der Waals surface area contributed by atoms with Crippen LogP contribution in [-0.2, 0) is 16.0 Å². The smallest absolute Gasteiger partial charge is 0.277 e. The van der Waals surface area contributed by atoms with Gasteiger partial charge in [0, 0.05) is 19.3 Å². The van der Waals surface area contributed by atoms with Gasteiger partial charge in [-0.2, -0.15) is 0 Å². The third kappa shape index (κ3) is 4.09. The summed E-state index contributed by atoms with van der Waals surface area (Å²) >= 11 is 1.17. The minimum Gasteiger partial charge on any atom is -0.378 e. The van der Waals surface area contributed by atoms with Crippen molar-refractivity contribution in [1.82, 2.24) is 25.1 Å². The Balaban J connectivity index is 1.57. The highest BCUT2D eigenvalue weighted by atomic mass is 32.1. The summed E-state index contributed by atoms with van der Waals surface area (Å²) in [5.41, 5.74) is 0.924. The Bertz CT molecular complexity index is 726. The van der Waals surface area contributed by atoms with E-state index in [0.29, 0.717) is 36.4 Å².